The molecule has 1 aromatic heterocycles. The molecule has 9 heteroatoms. The van der Waals surface area contributed by atoms with Crippen molar-refractivity contribution in [3.63, 3.8) is 0 Å². The summed E-state index contributed by atoms with van der Waals surface area (Å²) in [7, 11) is 1.37. The van der Waals surface area contributed by atoms with Crippen LogP contribution in [0.15, 0.2) is 67.0 Å². The highest BCUT2D eigenvalue weighted by molar-refractivity contribution is 5.74. The summed E-state index contributed by atoms with van der Waals surface area (Å²) in [6.07, 6.45) is 2.44. The summed E-state index contributed by atoms with van der Waals surface area (Å²) in [5.74, 6) is -0.0495. The van der Waals surface area contributed by atoms with Crippen LogP contribution in [0.2, 0.25) is 0 Å². The van der Waals surface area contributed by atoms with Crippen molar-refractivity contribution in [2.24, 2.45) is 5.92 Å². The molecule has 33 heavy (non-hydrogen) atoms. The molecular weight excluding hydrogens is 422 g/mol. The van der Waals surface area contributed by atoms with E-state index in [2.05, 4.69) is 15.3 Å². The Kier molecular flexibility index (Phi) is 6.77. The molecule has 0 unspecified atom stereocenters. The maximum atomic E-state index is 12.1. The fourth-order valence-corrected chi connectivity index (χ4v) is 4.16. The van der Waals surface area contributed by atoms with E-state index in [1.807, 2.05) is 65.6 Å². The molecule has 2 aromatic carbocycles. The summed E-state index contributed by atoms with van der Waals surface area (Å²) in [6.45, 7) is 0.940. The van der Waals surface area contributed by atoms with Gasteiger partial charge >= 0.3 is 11.7 Å². The Hall–Kier alpha value is -4.01. The summed E-state index contributed by atoms with van der Waals surface area (Å²) in [5, 5.41) is 15.4. The third kappa shape index (κ3) is 4.92. The van der Waals surface area contributed by atoms with Crippen LogP contribution in [0.1, 0.15) is 30.0 Å². The first-order valence-electron chi connectivity index (χ1n) is 10.8. The molecule has 2 heterocycles. The van der Waals surface area contributed by atoms with Crippen molar-refractivity contribution in [2.75, 3.05) is 30.4 Å². The molecule has 0 saturated carbocycles. The molecule has 9 nitrogen and oxygen atoms in total. The second-order valence-electron chi connectivity index (χ2n) is 7.83. The number of piperidine rings is 1. The van der Waals surface area contributed by atoms with E-state index < -0.39 is 4.92 Å². The van der Waals surface area contributed by atoms with Crippen LogP contribution < -0.4 is 10.2 Å². The molecule has 1 aliphatic rings. The number of benzene rings is 2. The van der Waals surface area contributed by atoms with Crippen LogP contribution in [0.3, 0.4) is 0 Å². The molecule has 0 spiro atoms. The van der Waals surface area contributed by atoms with Crippen molar-refractivity contribution in [3.05, 3.63) is 88.2 Å². The van der Waals surface area contributed by atoms with E-state index in [9.17, 15) is 14.9 Å². The maximum absolute atomic E-state index is 12.1. The number of nitrogens with one attached hydrogen (secondary N) is 1. The van der Waals surface area contributed by atoms with E-state index in [4.69, 9.17) is 4.74 Å². The average molecular weight is 447 g/mol. The van der Waals surface area contributed by atoms with Crippen LogP contribution in [0.25, 0.3) is 0 Å². The Labute approximate surface area is 191 Å². The summed E-state index contributed by atoms with van der Waals surface area (Å²) >= 11 is 0. The van der Waals surface area contributed by atoms with E-state index in [1.165, 1.54) is 13.4 Å². The standard InChI is InChI=1S/C24H25N5O4/c1-33-24(30)19-12-14-28(15-13-19)23-21(29(31)32)22(25-16-26-23)27-20(17-8-4-2-5-9-17)18-10-6-3-7-11-18/h2-11,16,19-20H,12-15H2,1H3,(H,25,26,27). The average Bonchev–Trinajstić information content (AvgIpc) is 2.87. The number of anilines is 2. The number of hydrogen-bond donors (Lipinski definition) is 1. The Bertz CT molecular complexity index is 1060. The Balaban J connectivity index is 1.67. The van der Waals surface area contributed by atoms with Crippen molar-refractivity contribution in [2.45, 2.75) is 18.9 Å². The number of rotatable bonds is 7. The molecule has 1 aliphatic heterocycles. The van der Waals surface area contributed by atoms with Gasteiger partial charge in [-0.15, -0.1) is 0 Å². The monoisotopic (exact) mass is 447 g/mol. The lowest BCUT2D eigenvalue weighted by Gasteiger charge is -2.31. The predicted octanol–water partition coefficient (Wildman–Crippen LogP) is 3.98. The Morgan fingerprint density at radius 3 is 2.15 bits per heavy atom. The highest BCUT2D eigenvalue weighted by atomic mass is 16.6. The molecule has 4 rings (SSSR count). The molecule has 0 amide bonds. The lowest BCUT2D eigenvalue weighted by molar-refractivity contribution is -0.383. The van der Waals surface area contributed by atoms with Gasteiger partial charge in [0.05, 0.1) is 24.0 Å². The van der Waals surface area contributed by atoms with Crippen molar-refractivity contribution in [3.8, 4) is 0 Å². The minimum atomic E-state index is -0.447. The first-order valence-corrected chi connectivity index (χ1v) is 10.8. The SMILES string of the molecule is COC(=O)C1CCN(c2ncnc(NC(c3ccccc3)c3ccccc3)c2[N+](=O)[O-])CC1. The van der Waals surface area contributed by atoms with Gasteiger partial charge in [-0.2, -0.15) is 0 Å². The zero-order chi connectivity index (χ0) is 23.2. The van der Waals surface area contributed by atoms with Gasteiger partial charge in [-0.05, 0) is 24.0 Å². The van der Waals surface area contributed by atoms with E-state index >= 15 is 0 Å². The number of ether oxygens (including phenoxy) is 1. The van der Waals surface area contributed by atoms with Crippen molar-refractivity contribution in [1.82, 2.24) is 9.97 Å². The van der Waals surface area contributed by atoms with E-state index in [0.29, 0.717) is 25.9 Å². The maximum Gasteiger partial charge on any atom is 0.353 e. The fraction of sp³-hybridized carbons (Fsp3) is 0.292. The minimum Gasteiger partial charge on any atom is -0.469 e. The van der Waals surface area contributed by atoms with Gasteiger partial charge in [-0.3, -0.25) is 14.9 Å². The fourth-order valence-electron chi connectivity index (χ4n) is 4.16. The number of nitrogens with zero attached hydrogens (tertiary/aromatic N) is 4. The van der Waals surface area contributed by atoms with E-state index in [-0.39, 0.29) is 35.3 Å². The molecule has 1 saturated heterocycles. The second-order valence-corrected chi connectivity index (χ2v) is 7.83. The van der Waals surface area contributed by atoms with Gasteiger partial charge in [0.15, 0.2) is 0 Å². The third-order valence-corrected chi connectivity index (χ3v) is 5.86. The van der Waals surface area contributed by atoms with Crippen LogP contribution in [0.4, 0.5) is 17.3 Å². The molecule has 0 aliphatic carbocycles. The lowest BCUT2D eigenvalue weighted by atomic mass is 9.97. The van der Waals surface area contributed by atoms with Gasteiger partial charge in [0.1, 0.15) is 6.33 Å². The third-order valence-electron chi connectivity index (χ3n) is 5.86. The highest BCUT2D eigenvalue weighted by Gasteiger charge is 2.33. The zero-order valence-corrected chi connectivity index (χ0v) is 18.3. The molecule has 0 atom stereocenters. The molecule has 170 valence electrons. The van der Waals surface area contributed by atoms with Gasteiger partial charge in [0.25, 0.3) is 0 Å². The quantitative estimate of drug-likeness (QED) is 0.329. The molecule has 0 radical (unpaired) electrons. The second kappa shape index (κ2) is 10.1. The summed E-state index contributed by atoms with van der Waals surface area (Å²) < 4.78 is 4.84. The van der Waals surface area contributed by atoms with E-state index in [1.54, 1.807) is 0 Å². The van der Waals surface area contributed by atoms with Gasteiger partial charge in [0.2, 0.25) is 11.6 Å². The Morgan fingerprint density at radius 1 is 1.06 bits per heavy atom. The van der Waals surface area contributed by atoms with Gasteiger partial charge in [0, 0.05) is 13.1 Å². The number of aromatic nitrogens is 2. The largest absolute Gasteiger partial charge is 0.469 e. The highest BCUT2D eigenvalue weighted by Crippen LogP contribution is 2.37. The number of carbonyl (C=O) groups excluding carboxylic acids is 1. The number of esters is 1. The first kappa shape index (κ1) is 22.2. The number of carbonyl (C=O) groups is 1. The topological polar surface area (TPSA) is 110 Å². The summed E-state index contributed by atoms with van der Waals surface area (Å²) in [4.78, 5) is 33.9. The summed E-state index contributed by atoms with van der Waals surface area (Å²) in [5.41, 5.74) is 1.74. The number of nitro groups is 1. The van der Waals surface area contributed by atoms with Crippen LogP contribution in [-0.4, -0.2) is 41.1 Å². The number of hydrogen-bond acceptors (Lipinski definition) is 8. The van der Waals surface area contributed by atoms with Crippen molar-refractivity contribution >= 4 is 23.3 Å². The smallest absolute Gasteiger partial charge is 0.353 e. The minimum absolute atomic E-state index is 0.151. The lowest BCUT2D eigenvalue weighted by Crippen LogP contribution is -2.37. The van der Waals surface area contributed by atoms with Crippen molar-refractivity contribution < 1.29 is 14.5 Å². The normalized spacial score (nSPS) is 14.2. The van der Waals surface area contributed by atoms with Crippen LogP contribution in [-0.2, 0) is 9.53 Å². The predicted molar refractivity (Wildman–Crippen MR) is 124 cm³/mol. The van der Waals surface area contributed by atoms with Crippen LogP contribution >= 0.6 is 0 Å². The van der Waals surface area contributed by atoms with Crippen LogP contribution in [0, 0.1) is 16.0 Å². The van der Waals surface area contributed by atoms with Gasteiger partial charge in [-0.1, -0.05) is 60.7 Å². The van der Waals surface area contributed by atoms with E-state index in [0.717, 1.165) is 11.1 Å². The number of methoxy groups -OCH3 is 1. The molecule has 1 fully saturated rings. The molecule has 0 bridgehead atoms. The first-order chi connectivity index (χ1) is 16.1. The molecular formula is C24H25N5O4. The van der Waals surface area contributed by atoms with Crippen LogP contribution in [0.5, 0.6) is 0 Å². The van der Waals surface area contributed by atoms with Crippen molar-refractivity contribution in [1.29, 1.82) is 0 Å². The molecule has 3 aromatic rings. The zero-order valence-electron chi connectivity index (χ0n) is 18.3. The summed E-state index contributed by atoms with van der Waals surface area (Å²) in [6, 6.07) is 19.1. The Morgan fingerprint density at radius 2 is 1.64 bits per heavy atom. The molecule has 1 N–H and O–H groups in total. The van der Waals surface area contributed by atoms with Gasteiger partial charge < -0.3 is 15.0 Å². The van der Waals surface area contributed by atoms with Gasteiger partial charge in [-0.25, -0.2) is 9.97 Å².